The van der Waals surface area contributed by atoms with Crippen molar-refractivity contribution < 1.29 is 4.79 Å². The summed E-state index contributed by atoms with van der Waals surface area (Å²) in [5, 5.41) is 13.9. The van der Waals surface area contributed by atoms with Gasteiger partial charge < -0.3 is 10.2 Å². The number of thiazole rings is 1. The van der Waals surface area contributed by atoms with Crippen LogP contribution in [0.15, 0.2) is 5.38 Å². The van der Waals surface area contributed by atoms with E-state index in [1.54, 1.807) is 11.3 Å². The van der Waals surface area contributed by atoms with Crippen LogP contribution in [0, 0.1) is 6.92 Å². The van der Waals surface area contributed by atoms with Crippen molar-refractivity contribution in [2.24, 2.45) is 0 Å². The second-order valence-corrected chi connectivity index (χ2v) is 7.80. The highest BCUT2D eigenvalue weighted by atomic mass is 32.1. The molecule has 2 aromatic rings. The number of aromatic nitrogens is 3. The maximum atomic E-state index is 12.9. The van der Waals surface area contributed by atoms with E-state index < -0.39 is 0 Å². The van der Waals surface area contributed by atoms with E-state index in [0.717, 1.165) is 80.6 Å². The highest BCUT2D eigenvalue weighted by Crippen LogP contribution is 2.18. The molecule has 0 saturated carbocycles. The molecule has 4 rings (SSSR count). The van der Waals surface area contributed by atoms with E-state index in [0.29, 0.717) is 5.69 Å². The Morgan fingerprint density at radius 3 is 3.08 bits per heavy atom. The fraction of sp³-hybridized carbons (Fsp3) is 0.588. The van der Waals surface area contributed by atoms with Crippen molar-refractivity contribution in [3.63, 3.8) is 0 Å². The van der Waals surface area contributed by atoms with Crippen LogP contribution in [-0.2, 0) is 19.5 Å². The number of nitrogens with zero attached hydrogens (tertiary/aromatic N) is 4. The minimum absolute atomic E-state index is 0.0625. The maximum absolute atomic E-state index is 12.9. The van der Waals surface area contributed by atoms with Gasteiger partial charge in [0.05, 0.1) is 10.7 Å². The third-order valence-corrected chi connectivity index (χ3v) is 5.76. The van der Waals surface area contributed by atoms with Crippen molar-refractivity contribution in [3.8, 4) is 0 Å². The predicted octanol–water partition coefficient (Wildman–Crippen LogP) is 1.17. The van der Waals surface area contributed by atoms with Gasteiger partial charge in [0.25, 0.3) is 5.91 Å². The minimum atomic E-state index is 0.0625. The van der Waals surface area contributed by atoms with Gasteiger partial charge in [0, 0.05) is 68.9 Å². The fourth-order valence-electron chi connectivity index (χ4n) is 3.59. The highest BCUT2D eigenvalue weighted by Gasteiger charge is 2.27. The summed E-state index contributed by atoms with van der Waals surface area (Å²) in [6.07, 6.45) is 1.90. The Kier molecular flexibility index (Phi) is 4.82. The molecule has 2 aromatic heterocycles. The van der Waals surface area contributed by atoms with Crippen LogP contribution in [0.25, 0.3) is 0 Å². The molecular formula is C17H24N6OS. The van der Waals surface area contributed by atoms with E-state index in [1.165, 1.54) is 0 Å². The average Bonchev–Trinajstić information content (AvgIpc) is 3.15. The zero-order chi connectivity index (χ0) is 17.2. The molecule has 1 amide bonds. The van der Waals surface area contributed by atoms with Crippen LogP contribution < -0.4 is 5.32 Å². The minimum Gasteiger partial charge on any atom is -0.336 e. The maximum Gasteiger partial charge on any atom is 0.274 e. The van der Waals surface area contributed by atoms with E-state index in [9.17, 15) is 4.79 Å². The van der Waals surface area contributed by atoms with Crippen LogP contribution in [0.2, 0.25) is 0 Å². The molecule has 4 heterocycles. The zero-order valence-corrected chi connectivity index (χ0v) is 15.4. The Morgan fingerprint density at radius 2 is 2.24 bits per heavy atom. The molecule has 1 saturated heterocycles. The molecule has 0 atom stereocenters. The number of H-pyrrole nitrogens is 1. The van der Waals surface area contributed by atoms with Crippen LogP contribution >= 0.6 is 11.3 Å². The first-order chi connectivity index (χ1) is 12.2. The summed E-state index contributed by atoms with van der Waals surface area (Å²) in [6.45, 7) is 8.00. The van der Waals surface area contributed by atoms with E-state index in [4.69, 9.17) is 0 Å². The number of hydrogen-bond acceptors (Lipinski definition) is 6. The molecule has 0 aliphatic carbocycles. The Hall–Kier alpha value is -1.77. The summed E-state index contributed by atoms with van der Waals surface area (Å²) >= 11 is 1.69. The number of fused-ring (bicyclic) bond motifs is 1. The van der Waals surface area contributed by atoms with Gasteiger partial charge in [-0.15, -0.1) is 11.3 Å². The Labute approximate surface area is 151 Å². The standard InChI is InChI=1S/C17H24N6OS/c1-12-19-13(11-25-12)10-22-5-2-6-23(8-7-22)17(24)16-14-9-18-4-3-15(14)20-21-16/h11,18H,2-10H2,1H3,(H,20,21). The molecule has 2 N–H and O–H groups in total. The van der Waals surface area contributed by atoms with Gasteiger partial charge in [0.1, 0.15) is 0 Å². The van der Waals surface area contributed by atoms with Gasteiger partial charge in [0.15, 0.2) is 5.69 Å². The summed E-state index contributed by atoms with van der Waals surface area (Å²) in [7, 11) is 0. The van der Waals surface area contributed by atoms with E-state index in [2.05, 4.69) is 30.8 Å². The number of rotatable bonds is 3. The van der Waals surface area contributed by atoms with Gasteiger partial charge in [-0.05, 0) is 13.3 Å². The molecule has 2 aliphatic heterocycles. The van der Waals surface area contributed by atoms with Gasteiger partial charge in [-0.2, -0.15) is 5.10 Å². The smallest absolute Gasteiger partial charge is 0.274 e. The van der Waals surface area contributed by atoms with Crippen LogP contribution in [-0.4, -0.2) is 63.6 Å². The first kappa shape index (κ1) is 16.7. The summed E-state index contributed by atoms with van der Waals surface area (Å²) in [6, 6.07) is 0. The van der Waals surface area contributed by atoms with Crippen molar-refractivity contribution in [1.29, 1.82) is 0 Å². The van der Waals surface area contributed by atoms with Crippen LogP contribution in [0.3, 0.4) is 0 Å². The van der Waals surface area contributed by atoms with Gasteiger partial charge >= 0.3 is 0 Å². The van der Waals surface area contributed by atoms with Crippen LogP contribution in [0.4, 0.5) is 0 Å². The quantitative estimate of drug-likeness (QED) is 0.859. The fourth-order valence-corrected chi connectivity index (χ4v) is 4.20. The SMILES string of the molecule is Cc1nc(CN2CCCN(C(=O)c3n[nH]c4c3CNCC4)CC2)cs1. The third kappa shape index (κ3) is 3.61. The van der Waals surface area contributed by atoms with Crippen molar-refractivity contribution in [2.45, 2.75) is 32.9 Å². The molecule has 0 spiro atoms. The van der Waals surface area contributed by atoms with Crippen molar-refractivity contribution in [3.05, 3.63) is 33.0 Å². The lowest BCUT2D eigenvalue weighted by atomic mass is 10.1. The number of aromatic amines is 1. The van der Waals surface area contributed by atoms with Gasteiger partial charge in [-0.1, -0.05) is 0 Å². The number of nitrogens with one attached hydrogen (secondary N) is 2. The molecule has 0 bridgehead atoms. The molecule has 1 fully saturated rings. The van der Waals surface area contributed by atoms with Crippen molar-refractivity contribution in [1.82, 2.24) is 30.3 Å². The summed E-state index contributed by atoms with van der Waals surface area (Å²) in [5.41, 5.74) is 3.90. The van der Waals surface area contributed by atoms with E-state index in [-0.39, 0.29) is 5.91 Å². The molecule has 25 heavy (non-hydrogen) atoms. The van der Waals surface area contributed by atoms with Crippen LogP contribution in [0.1, 0.15) is 38.9 Å². The molecule has 0 radical (unpaired) electrons. The number of carbonyl (C=O) groups excluding carboxylic acids is 1. The summed E-state index contributed by atoms with van der Waals surface area (Å²) in [5.74, 6) is 0.0625. The predicted molar refractivity (Wildman–Crippen MR) is 96.6 cm³/mol. The number of amides is 1. The first-order valence-corrected chi connectivity index (χ1v) is 9.78. The van der Waals surface area contributed by atoms with Gasteiger partial charge in [-0.3, -0.25) is 14.8 Å². The second kappa shape index (κ2) is 7.23. The molecule has 8 heteroatoms. The molecule has 0 unspecified atom stereocenters. The third-order valence-electron chi connectivity index (χ3n) is 4.94. The highest BCUT2D eigenvalue weighted by molar-refractivity contribution is 7.09. The molecule has 134 valence electrons. The summed E-state index contributed by atoms with van der Waals surface area (Å²) in [4.78, 5) is 21.8. The molecule has 0 aromatic carbocycles. The van der Waals surface area contributed by atoms with Crippen LogP contribution in [0.5, 0.6) is 0 Å². The van der Waals surface area contributed by atoms with Crippen molar-refractivity contribution >= 4 is 17.2 Å². The molecule has 2 aliphatic rings. The largest absolute Gasteiger partial charge is 0.336 e. The number of aryl methyl sites for hydroxylation is 1. The Morgan fingerprint density at radius 1 is 1.32 bits per heavy atom. The normalized spacial score (nSPS) is 18.8. The first-order valence-electron chi connectivity index (χ1n) is 8.90. The van der Waals surface area contributed by atoms with E-state index >= 15 is 0 Å². The molecule has 7 nitrogen and oxygen atoms in total. The number of hydrogen-bond donors (Lipinski definition) is 2. The van der Waals surface area contributed by atoms with Gasteiger partial charge in [0.2, 0.25) is 0 Å². The Balaban J connectivity index is 1.40. The zero-order valence-electron chi connectivity index (χ0n) is 14.5. The van der Waals surface area contributed by atoms with Gasteiger partial charge in [-0.25, -0.2) is 4.98 Å². The topological polar surface area (TPSA) is 77.2 Å². The van der Waals surface area contributed by atoms with E-state index in [1.807, 2.05) is 11.8 Å². The molecular weight excluding hydrogens is 336 g/mol. The Bertz CT molecular complexity index is 754. The monoisotopic (exact) mass is 360 g/mol. The number of carbonyl (C=O) groups is 1. The second-order valence-electron chi connectivity index (χ2n) is 6.74. The lowest BCUT2D eigenvalue weighted by Crippen LogP contribution is -2.36. The summed E-state index contributed by atoms with van der Waals surface area (Å²) < 4.78 is 0. The average molecular weight is 360 g/mol. The lowest BCUT2D eigenvalue weighted by molar-refractivity contribution is 0.0754. The van der Waals surface area contributed by atoms with Crippen molar-refractivity contribution in [2.75, 3.05) is 32.7 Å². The lowest BCUT2D eigenvalue weighted by Gasteiger charge is -2.22.